The number of carbonyl (C=O) groups is 4. The molecule has 51 heavy (non-hydrogen) atoms. The average Bonchev–Trinajstić information content (AvgIpc) is 3.52. The number of nitrogens with one attached hydrogen (secondary N) is 3. The molecule has 1 fully saturated rings. The van der Waals surface area contributed by atoms with Gasteiger partial charge in [-0.3, -0.25) is 19.2 Å². The summed E-state index contributed by atoms with van der Waals surface area (Å²) in [5.41, 5.74) is 0.449. The molecule has 19 heteroatoms. The SMILES string of the molecule is COc1ccc(CS(=O)(=O)[C@@H]2C[C@@H](C(=O)N[C@@H](C(C)C)[C@@H](O)C(F)(F)C(=O)NCC(F)(F)F)N(C(=O)[C@H](C)NC(=O)c3cccc(Cl)c3)C2)cc1. The van der Waals surface area contributed by atoms with Gasteiger partial charge in [0.05, 0.1) is 24.2 Å². The van der Waals surface area contributed by atoms with Crippen molar-refractivity contribution < 1.29 is 59.4 Å². The smallest absolute Gasteiger partial charge is 0.405 e. The molecule has 282 valence electrons. The van der Waals surface area contributed by atoms with E-state index in [9.17, 15) is 54.7 Å². The van der Waals surface area contributed by atoms with Crippen molar-refractivity contribution in [2.75, 3.05) is 20.2 Å². The Morgan fingerprint density at radius 1 is 1.02 bits per heavy atom. The highest BCUT2D eigenvalue weighted by atomic mass is 35.5. The van der Waals surface area contributed by atoms with E-state index in [1.54, 1.807) is 0 Å². The van der Waals surface area contributed by atoms with Crippen LogP contribution in [-0.2, 0) is 30.0 Å². The van der Waals surface area contributed by atoms with Crippen LogP contribution in [0, 0.1) is 5.92 Å². The van der Waals surface area contributed by atoms with E-state index in [0.717, 1.165) is 10.2 Å². The molecule has 1 aliphatic heterocycles. The summed E-state index contributed by atoms with van der Waals surface area (Å²) in [5, 5.41) is 15.0. The van der Waals surface area contributed by atoms with Gasteiger partial charge in [-0.2, -0.15) is 22.0 Å². The molecule has 2 aromatic rings. The van der Waals surface area contributed by atoms with Gasteiger partial charge in [-0.1, -0.05) is 43.6 Å². The summed E-state index contributed by atoms with van der Waals surface area (Å²) < 4.78 is 99.7. The topological polar surface area (TPSA) is 171 Å². The van der Waals surface area contributed by atoms with Crippen LogP contribution < -0.4 is 20.7 Å². The van der Waals surface area contributed by atoms with Crippen molar-refractivity contribution >= 4 is 45.1 Å². The molecule has 1 heterocycles. The third-order valence-electron chi connectivity index (χ3n) is 8.18. The maximum absolute atomic E-state index is 14.9. The Kier molecular flexibility index (Phi) is 13.4. The molecule has 3 rings (SSSR count). The van der Waals surface area contributed by atoms with Crippen LogP contribution in [0.25, 0.3) is 0 Å². The standard InChI is InChI=1S/C32H38ClF5N4O8S/c1-17(2)25(26(43)32(37,38)30(47)39-16-31(34,35)36)41-28(45)24-13-23(51(48,49)15-19-8-10-22(50-4)11-9-19)14-42(24)29(46)18(3)40-27(44)20-6-5-7-21(33)12-20/h5-12,17-18,23-26,43H,13-16H2,1-4H3,(H,39,47)(H,40,44)(H,41,45)/t18-,23+,24-,25-,26+/m0/s1. The summed E-state index contributed by atoms with van der Waals surface area (Å²) >= 11 is 5.95. The monoisotopic (exact) mass is 768 g/mol. The lowest BCUT2D eigenvalue weighted by atomic mass is 9.93. The molecule has 2 aromatic carbocycles. The van der Waals surface area contributed by atoms with Crippen molar-refractivity contribution in [1.82, 2.24) is 20.9 Å². The summed E-state index contributed by atoms with van der Waals surface area (Å²) in [6, 6.07) is 6.89. The fourth-order valence-electron chi connectivity index (χ4n) is 5.37. The van der Waals surface area contributed by atoms with Gasteiger partial charge in [0, 0.05) is 17.1 Å². The van der Waals surface area contributed by atoms with Crippen LogP contribution in [0.1, 0.15) is 43.1 Å². The highest BCUT2D eigenvalue weighted by Gasteiger charge is 2.53. The minimum Gasteiger partial charge on any atom is -0.497 e. The summed E-state index contributed by atoms with van der Waals surface area (Å²) in [5.74, 6) is -11.2. The van der Waals surface area contributed by atoms with Crippen LogP contribution in [-0.4, -0.2) is 104 Å². The van der Waals surface area contributed by atoms with Gasteiger partial charge in [0.15, 0.2) is 9.84 Å². The van der Waals surface area contributed by atoms with Crippen molar-refractivity contribution in [3.05, 3.63) is 64.7 Å². The van der Waals surface area contributed by atoms with Gasteiger partial charge >= 0.3 is 12.1 Å². The van der Waals surface area contributed by atoms with Gasteiger partial charge in [-0.15, -0.1) is 0 Å². The third-order valence-corrected chi connectivity index (χ3v) is 10.5. The summed E-state index contributed by atoms with van der Waals surface area (Å²) in [7, 11) is -2.68. The number of benzene rings is 2. The molecule has 5 atom stereocenters. The largest absolute Gasteiger partial charge is 0.497 e. The Bertz CT molecular complexity index is 1690. The zero-order chi connectivity index (χ0) is 38.5. The van der Waals surface area contributed by atoms with E-state index in [1.165, 1.54) is 76.4 Å². The maximum atomic E-state index is 14.9. The highest BCUT2D eigenvalue weighted by Crippen LogP contribution is 2.30. The van der Waals surface area contributed by atoms with E-state index >= 15 is 0 Å². The zero-order valence-corrected chi connectivity index (χ0v) is 29.4. The molecule has 0 radical (unpaired) electrons. The Hall–Kier alpha value is -4.03. The number of amides is 4. The van der Waals surface area contributed by atoms with E-state index < -0.39 is 106 Å². The summed E-state index contributed by atoms with van der Waals surface area (Å²) in [6.45, 7) is 1.16. The lowest BCUT2D eigenvalue weighted by molar-refractivity contribution is -0.175. The Balaban J connectivity index is 1.90. The molecule has 0 aliphatic carbocycles. The fraction of sp³-hybridized carbons (Fsp3) is 0.500. The van der Waals surface area contributed by atoms with Crippen LogP contribution in [0.4, 0.5) is 22.0 Å². The van der Waals surface area contributed by atoms with Gasteiger partial charge < -0.3 is 30.7 Å². The Labute approximate surface area is 296 Å². The maximum Gasteiger partial charge on any atom is 0.405 e. The van der Waals surface area contributed by atoms with E-state index in [0.29, 0.717) is 11.3 Å². The van der Waals surface area contributed by atoms with Crippen molar-refractivity contribution in [2.45, 2.75) is 74.5 Å². The molecule has 1 saturated heterocycles. The Morgan fingerprint density at radius 3 is 2.20 bits per heavy atom. The number of hydrogen-bond donors (Lipinski definition) is 4. The number of rotatable bonds is 14. The minimum absolute atomic E-state index is 0.0896. The van der Waals surface area contributed by atoms with Gasteiger partial charge in [0.25, 0.3) is 11.8 Å². The fourth-order valence-corrected chi connectivity index (χ4v) is 7.32. The molecule has 4 N–H and O–H groups in total. The molecular formula is C32H38ClF5N4O8S. The number of hydrogen-bond acceptors (Lipinski definition) is 8. The summed E-state index contributed by atoms with van der Waals surface area (Å²) in [6.07, 6.45) is -8.59. The van der Waals surface area contributed by atoms with Crippen LogP contribution in [0.5, 0.6) is 5.75 Å². The second-order valence-corrected chi connectivity index (χ2v) is 15.1. The van der Waals surface area contributed by atoms with E-state index in [-0.39, 0.29) is 10.6 Å². The first-order valence-electron chi connectivity index (χ1n) is 15.5. The third kappa shape index (κ3) is 10.7. The molecule has 0 unspecified atom stereocenters. The van der Waals surface area contributed by atoms with Crippen molar-refractivity contribution in [3.63, 3.8) is 0 Å². The number of sulfone groups is 1. The minimum atomic E-state index is -5.03. The molecule has 0 saturated carbocycles. The number of carbonyl (C=O) groups excluding carboxylic acids is 4. The van der Waals surface area contributed by atoms with Crippen molar-refractivity contribution in [2.24, 2.45) is 5.92 Å². The molecule has 0 spiro atoms. The lowest BCUT2D eigenvalue weighted by Crippen LogP contribution is -2.61. The number of nitrogens with zero attached hydrogens (tertiary/aromatic N) is 1. The quantitative estimate of drug-likeness (QED) is 0.213. The van der Waals surface area contributed by atoms with E-state index in [2.05, 4.69) is 10.6 Å². The molecular weight excluding hydrogens is 731 g/mol. The molecule has 1 aliphatic rings. The number of halogens is 6. The van der Waals surface area contributed by atoms with Gasteiger partial charge in [-0.05, 0) is 55.2 Å². The van der Waals surface area contributed by atoms with Crippen LogP contribution in [0.15, 0.2) is 48.5 Å². The number of aliphatic hydroxyl groups excluding tert-OH is 1. The van der Waals surface area contributed by atoms with E-state index in [1.807, 2.05) is 0 Å². The number of aliphatic hydroxyl groups is 1. The van der Waals surface area contributed by atoms with Crippen LogP contribution in [0.2, 0.25) is 5.02 Å². The van der Waals surface area contributed by atoms with Gasteiger partial charge in [-0.25, -0.2) is 8.42 Å². The van der Waals surface area contributed by atoms with Gasteiger partial charge in [0.2, 0.25) is 11.8 Å². The number of methoxy groups -OCH3 is 1. The normalized spacial score (nSPS) is 18.5. The molecule has 4 amide bonds. The predicted octanol–water partition coefficient (Wildman–Crippen LogP) is 2.87. The van der Waals surface area contributed by atoms with E-state index in [4.69, 9.17) is 16.3 Å². The average molecular weight is 769 g/mol. The first-order chi connectivity index (χ1) is 23.6. The van der Waals surface area contributed by atoms with Crippen molar-refractivity contribution in [3.8, 4) is 5.75 Å². The van der Waals surface area contributed by atoms with Crippen LogP contribution in [0.3, 0.4) is 0 Å². The predicted molar refractivity (Wildman–Crippen MR) is 175 cm³/mol. The molecule has 0 aromatic heterocycles. The molecule has 0 bridgehead atoms. The van der Waals surface area contributed by atoms with Crippen LogP contribution >= 0.6 is 11.6 Å². The Morgan fingerprint density at radius 2 is 1.65 bits per heavy atom. The second kappa shape index (κ2) is 16.5. The summed E-state index contributed by atoms with van der Waals surface area (Å²) in [4.78, 5) is 53.1. The number of likely N-dealkylation sites (tertiary alicyclic amines) is 1. The van der Waals surface area contributed by atoms with Crippen molar-refractivity contribution in [1.29, 1.82) is 0 Å². The number of ether oxygens (including phenoxy) is 1. The zero-order valence-electron chi connectivity index (χ0n) is 27.8. The first kappa shape index (κ1) is 41.4. The first-order valence-corrected chi connectivity index (χ1v) is 17.6. The highest BCUT2D eigenvalue weighted by molar-refractivity contribution is 7.91. The number of alkyl halides is 5. The van der Waals surface area contributed by atoms with Gasteiger partial charge in [0.1, 0.15) is 30.5 Å². The lowest BCUT2D eigenvalue weighted by Gasteiger charge is -2.34. The molecule has 12 nitrogen and oxygen atoms in total. The second-order valence-electron chi connectivity index (χ2n) is 12.4.